The number of nitrogens with zero attached hydrogens (tertiary/aromatic N) is 2. The van der Waals surface area contributed by atoms with Crippen molar-refractivity contribution in [1.29, 1.82) is 0 Å². The second kappa shape index (κ2) is 9.88. The number of alkyl halides is 3. The first-order chi connectivity index (χ1) is 14.7. The zero-order valence-corrected chi connectivity index (χ0v) is 17.8. The fourth-order valence-corrected chi connectivity index (χ4v) is 3.93. The Balaban J connectivity index is 1.55. The topological polar surface area (TPSA) is 93.2 Å². The van der Waals surface area contributed by atoms with E-state index >= 15 is 0 Å². The fourth-order valence-electron chi connectivity index (χ4n) is 2.48. The lowest BCUT2D eigenvalue weighted by atomic mass is 10.2. The zero-order chi connectivity index (χ0) is 22.4. The molecule has 0 aliphatic heterocycles. The quantitative estimate of drug-likeness (QED) is 0.466. The van der Waals surface area contributed by atoms with Crippen LogP contribution in [0.4, 0.5) is 29.1 Å². The van der Waals surface area contributed by atoms with Gasteiger partial charge in [-0.05, 0) is 25.1 Å². The van der Waals surface area contributed by atoms with Crippen LogP contribution in [0.25, 0.3) is 0 Å². The first-order valence-corrected chi connectivity index (χ1v) is 10.8. The number of esters is 1. The number of carbonyl (C=O) groups is 2. The molecule has 31 heavy (non-hydrogen) atoms. The molecule has 0 bridgehead atoms. The molecule has 0 unspecified atom stereocenters. The molecule has 0 fully saturated rings. The van der Waals surface area contributed by atoms with Crippen molar-refractivity contribution in [1.82, 2.24) is 9.97 Å². The molecule has 2 heterocycles. The van der Waals surface area contributed by atoms with Crippen molar-refractivity contribution in [2.24, 2.45) is 0 Å². The van der Waals surface area contributed by atoms with Crippen LogP contribution >= 0.6 is 22.7 Å². The Morgan fingerprint density at radius 3 is 2.45 bits per heavy atom. The number of hydrogen-bond donors (Lipinski definition) is 2. The summed E-state index contributed by atoms with van der Waals surface area (Å²) in [6, 6.07) is 4.78. The van der Waals surface area contributed by atoms with Gasteiger partial charge in [-0.25, -0.2) is 9.97 Å². The lowest BCUT2D eigenvalue weighted by Crippen LogP contribution is -2.14. The maximum atomic E-state index is 12.8. The Labute approximate surface area is 183 Å². The van der Waals surface area contributed by atoms with Crippen LogP contribution in [0.15, 0.2) is 35.0 Å². The molecular formula is C19H17F3N4O3S2. The summed E-state index contributed by atoms with van der Waals surface area (Å²) in [5.74, 6) is -0.748. The number of aromatic nitrogens is 2. The van der Waals surface area contributed by atoms with Crippen molar-refractivity contribution < 1.29 is 27.5 Å². The van der Waals surface area contributed by atoms with E-state index in [1.54, 1.807) is 17.7 Å². The summed E-state index contributed by atoms with van der Waals surface area (Å²) in [5, 5.41) is 9.47. The van der Waals surface area contributed by atoms with Gasteiger partial charge in [0.2, 0.25) is 5.91 Å². The fraction of sp³-hybridized carbons (Fsp3) is 0.263. The van der Waals surface area contributed by atoms with Gasteiger partial charge < -0.3 is 15.4 Å². The molecule has 0 spiro atoms. The summed E-state index contributed by atoms with van der Waals surface area (Å²) in [6.45, 7) is 1.99. The van der Waals surface area contributed by atoms with Crippen LogP contribution in [-0.2, 0) is 33.3 Å². The Bertz CT molecular complexity index is 1070. The molecule has 164 valence electrons. The van der Waals surface area contributed by atoms with E-state index < -0.39 is 17.7 Å². The van der Waals surface area contributed by atoms with Gasteiger partial charge in [-0.1, -0.05) is 6.07 Å². The van der Waals surface area contributed by atoms with Crippen LogP contribution in [0.3, 0.4) is 0 Å². The summed E-state index contributed by atoms with van der Waals surface area (Å²) in [6.07, 6.45) is -4.44. The van der Waals surface area contributed by atoms with Gasteiger partial charge in [0.1, 0.15) is 0 Å². The number of rotatable bonds is 8. The van der Waals surface area contributed by atoms with Gasteiger partial charge in [-0.15, -0.1) is 22.7 Å². The third-order valence-electron chi connectivity index (χ3n) is 3.76. The summed E-state index contributed by atoms with van der Waals surface area (Å²) < 4.78 is 43.3. The zero-order valence-electron chi connectivity index (χ0n) is 16.2. The number of thiazole rings is 2. The molecule has 1 amide bonds. The second-order valence-electron chi connectivity index (χ2n) is 6.20. The third kappa shape index (κ3) is 6.76. The highest BCUT2D eigenvalue weighted by Crippen LogP contribution is 2.31. The Hall–Kier alpha value is -2.99. The molecule has 0 aliphatic carbocycles. The second-order valence-corrected chi connectivity index (χ2v) is 7.91. The molecular weight excluding hydrogens is 453 g/mol. The highest BCUT2D eigenvalue weighted by Gasteiger charge is 2.30. The van der Waals surface area contributed by atoms with E-state index in [9.17, 15) is 22.8 Å². The van der Waals surface area contributed by atoms with Gasteiger partial charge >= 0.3 is 12.1 Å². The van der Waals surface area contributed by atoms with E-state index in [4.69, 9.17) is 4.74 Å². The molecule has 0 aliphatic rings. The molecule has 12 heteroatoms. The van der Waals surface area contributed by atoms with Crippen LogP contribution in [0.1, 0.15) is 23.9 Å². The number of amides is 1. The number of benzene rings is 1. The van der Waals surface area contributed by atoms with Gasteiger partial charge in [0.15, 0.2) is 10.3 Å². The summed E-state index contributed by atoms with van der Waals surface area (Å²) in [4.78, 5) is 32.1. The molecule has 1 aromatic carbocycles. The van der Waals surface area contributed by atoms with Crippen LogP contribution in [0.5, 0.6) is 0 Å². The lowest BCUT2D eigenvalue weighted by molar-refractivity contribution is -0.142. The molecule has 2 aromatic heterocycles. The Morgan fingerprint density at radius 2 is 1.74 bits per heavy atom. The Kier molecular flexibility index (Phi) is 7.23. The number of hydrogen-bond acceptors (Lipinski definition) is 8. The van der Waals surface area contributed by atoms with Crippen LogP contribution in [0, 0.1) is 0 Å². The van der Waals surface area contributed by atoms with Gasteiger partial charge in [0.25, 0.3) is 0 Å². The lowest BCUT2D eigenvalue weighted by Gasteiger charge is -2.08. The minimum absolute atomic E-state index is 0.0247. The van der Waals surface area contributed by atoms with Crippen molar-refractivity contribution >= 4 is 50.5 Å². The molecule has 3 rings (SSSR count). The molecule has 0 saturated carbocycles. The average Bonchev–Trinajstić information content (AvgIpc) is 3.30. The minimum Gasteiger partial charge on any atom is -0.466 e. The van der Waals surface area contributed by atoms with Gasteiger partial charge in [-0.2, -0.15) is 13.2 Å². The first kappa shape index (κ1) is 22.7. The highest BCUT2D eigenvalue weighted by atomic mass is 32.1. The molecule has 0 saturated heterocycles. The smallest absolute Gasteiger partial charge is 0.416 e. The van der Waals surface area contributed by atoms with E-state index in [-0.39, 0.29) is 31.0 Å². The van der Waals surface area contributed by atoms with Crippen LogP contribution in [-0.4, -0.2) is 28.5 Å². The predicted molar refractivity (Wildman–Crippen MR) is 112 cm³/mol. The van der Waals surface area contributed by atoms with Crippen molar-refractivity contribution in [3.05, 3.63) is 52.0 Å². The Morgan fingerprint density at radius 1 is 1.06 bits per heavy atom. The minimum atomic E-state index is -4.43. The van der Waals surface area contributed by atoms with E-state index in [2.05, 4.69) is 20.6 Å². The molecule has 2 N–H and O–H groups in total. The monoisotopic (exact) mass is 470 g/mol. The normalized spacial score (nSPS) is 11.2. The standard InChI is InChI=1S/C19H17F3N4O3S2/c1-2-29-16(28)8-14-10-31-18(25-14)26-15(27)7-13-9-30-17(24-13)23-12-5-3-4-11(6-12)19(20,21)22/h3-6,9-10H,2,7-8H2,1H3,(H,23,24)(H,25,26,27). The third-order valence-corrected chi connectivity index (χ3v) is 5.38. The van der Waals surface area contributed by atoms with Crippen molar-refractivity contribution in [2.75, 3.05) is 17.2 Å². The maximum absolute atomic E-state index is 12.8. The van der Waals surface area contributed by atoms with Gasteiger partial charge in [-0.3, -0.25) is 9.59 Å². The van der Waals surface area contributed by atoms with Crippen LogP contribution < -0.4 is 10.6 Å². The number of halogens is 3. The van der Waals surface area contributed by atoms with E-state index in [1.165, 1.54) is 34.8 Å². The summed E-state index contributed by atoms with van der Waals surface area (Å²) >= 11 is 2.36. The average molecular weight is 470 g/mol. The molecule has 0 radical (unpaired) electrons. The van der Waals surface area contributed by atoms with Gasteiger partial charge in [0.05, 0.1) is 36.4 Å². The van der Waals surface area contributed by atoms with E-state index in [0.717, 1.165) is 12.1 Å². The largest absolute Gasteiger partial charge is 0.466 e. The van der Waals surface area contributed by atoms with E-state index in [0.29, 0.717) is 21.7 Å². The predicted octanol–water partition coefficient (Wildman–Crippen LogP) is 4.65. The summed E-state index contributed by atoms with van der Waals surface area (Å²) in [7, 11) is 0. The summed E-state index contributed by atoms with van der Waals surface area (Å²) in [5.41, 5.74) is 0.441. The number of nitrogens with one attached hydrogen (secondary N) is 2. The maximum Gasteiger partial charge on any atom is 0.416 e. The highest BCUT2D eigenvalue weighted by molar-refractivity contribution is 7.14. The van der Waals surface area contributed by atoms with Gasteiger partial charge in [0, 0.05) is 16.4 Å². The van der Waals surface area contributed by atoms with Crippen molar-refractivity contribution in [3.63, 3.8) is 0 Å². The van der Waals surface area contributed by atoms with Crippen molar-refractivity contribution in [2.45, 2.75) is 25.9 Å². The SMILES string of the molecule is CCOC(=O)Cc1csc(NC(=O)Cc2csc(Nc3cccc(C(F)(F)F)c3)n2)n1. The number of carbonyl (C=O) groups excluding carboxylic acids is 2. The van der Waals surface area contributed by atoms with Crippen LogP contribution in [0.2, 0.25) is 0 Å². The van der Waals surface area contributed by atoms with Crippen molar-refractivity contribution in [3.8, 4) is 0 Å². The first-order valence-electron chi connectivity index (χ1n) is 9.01. The number of ether oxygens (including phenoxy) is 1. The molecule has 3 aromatic rings. The molecule has 7 nitrogen and oxygen atoms in total. The van der Waals surface area contributed by atoms with E-state index in [1.807, 2.05) is 0 Å². The number of anilines is 3. The molecule has 0 atom stereocenters.